The van der Waals surface area contributed by atoms with E-state index in [1.807, 2.05) is 0 Å². The second-order valence-corrected chi connectivity index (χ2v) is 4.01. The minimum atomic E-state index is 0.231. The van der Waals surface area contributed by atoms with Crippen molar-refractivity contribution in [3.8, 4) is 0 Å². The van der Waals surface area contributed by atoms with E-state index in [0.717, 1.165) is 10.9 Å². The summed E-state index contributed by atoms with van der Waals surface area (Å²) in [5, 5.41) is 0. The second kappa shape index (κ2) is 4.74. The van der Waals surface area contributed by atoms with Gasteiger partial charge in [0.1, 0.15) is 0 Å². The van der Waals surface area contributed by atoms with Crippen LogP contribution in [0.1, 0.15) is 30.5 Å². The number of halogens is 1. The van der Waals surface area contributed by atoms with Gasteiger partial charge in [0, 0.05) is 10.5 Å². The SMILES string of the molecule is CCC(NN)c1cc(C)ccc1Br. The van der Waals surface area contributed by atoms with Gasteiger partial charge in [-0.3, -0.25) is 11.3 Å². The highest BCUT2D eigenvalue weighted by atomic mass is 79.9. The first-order valence-electron chi connectivity index (χ1n) is 4.41. The number of hydrogen-bond acceptors (Lipinski definition) is 2. The van der Waals surface area contributed by atoms with Gasteiger partial charge in [-0.15, -0.1) is 0 Å². The summed E-state index contributed by atoms with van der Waals surface area (Å²) >= 11 is 3.52. The van der Waals surface area contributed by atoms with Gasteiger partial charge in [0.15, 0.2) is 0 Å². The molecule has 0 amide bonds. The molecule has 1 aromatic rings. The third-order valence-corrected chi connectivity index (χ3v) is 2.86. The molecule has 0 aromatic heterocycles. The van der Waals surface area contributed by atoms with E-state index in [1.165, 1.54) is 11.1 Å². The fraction of sp³-hybridized carbons (Fsp3) is 0.400. The quantitative estimate of drug-likeness (QED) is 0.632. The van der Waals surface area contributed by atoms with Crippen LogP contribution >= 0.6 is 15.9 Å². The lowest BCUT2D eigenvalue weighted by Crippen LogP contribution is -2.27. The van der Waals surface area contributed by atoms with Gasteiger partial charge in [-0.25, -0.2) is 0 Å². The third-order valence-electron chi connectivity index (χ3n) is 2.14. The monoisotopic (exact) mass is 242 g/mol. The van der Waals surface area contributed by atoms with E-state index in [9.17, 15) is 0 Å². The number of nitrogens with one attached hydrogen (secondary N) is 1. The van der Waals surface area contributed by atoms with Crippen LogP contribution in [0.5, 0.6) is 0 Å². The molecule has 0 aliphatic rings. The Morgan fingerprint density at radius 3 is 2.77 bits per heavy atom. The summed E-state index contributed by atoms with van der Waals surface area (Å²) in [5.41, 5.74) is 5.29. The van der Waals surface area contributed by atoms with Gasteiger partial charge in [-0.2, -0.15) is 0 Å². The highest BCUT2D eigenvalue weighted by Crippen LogP contribution is 2.25. The first-order chi connectivity index (χ1) is 6.19. The molecular formula is C10H15BrN2. The summed E-state index contributed by atoms with van der Waals surface area (Å²) in [6.07, 6.45) is 0.985. The van der Waals surface area contributed by atoms with Crippen LogP contribution < -0.4 is 11.3 Å². The standard InChI is InChI=1S/C10H15BrN2/c1-3-10(13-12)8-6-7(2)4-5-9(8)11/h4-6,10,13H,3,12H2,1-2H3. The fourth-order valence-corrected chi connectivity index (χ4v) is 1.88. The molecule has 0 aliphatic carbocycles. The van der Waals surface area contributed by atoms with Gasteiger partial charge in [0.2, 0.25) is 0 Å². The van der Waals surface area contributed by atoms with Crippen LogP contribution in [0.15, 0.2) is 22.7 Å². The first kappa shape index (κ1) is 10.7. The molecule has 3 heteroatoms. The van der Waals surface area contributed by atoms with Crippen molar-refractivity contribution in [2.45, 2.75) is 26.3 Å². The van der Waals surface area contributed by atoms with Crippen molar-refractivity contribution in [2.24, 2.45) is 5.84 Å². The van der Waals surface area contributed by atoms with Crippen LogP contribution in [0, 0.1) is 6.92 Å². The van der Waals surface area contributed by atoms with E-state index < -0.39 is 0 Å². The highest BCUT2D eigenvalue weighted by molar-refractivity contribution is 9.10. The molecule has 0 aliphatic heterocycles. The van der Waals surface area contributed by atoms with E-state index in [0.29, 0.717) is 0 Å². The zero-order chi connectivity index (χ0) is 9.84. The molecule has 0 radical (unpaired) electrons. The number of nitrogens with two attached hydrogens (primary N) is 1. The molecule has 2 nitrogen and oxygen atoms in total. The Hall–Kier alpha value is -0.380. The lowest BCUT2D eigenvalue weighted by Gasteiger charge is -2.16. The van der Waals surface area contributed by atoms with Crippen molar-refractivity contribution in [3.63, 3.8) is 0 Å². The zero-order valence-corrected chi connectivity index (χ0v) is 9.56. The summed E-state index contributed by atoms with van der Waals surface area (Å²) in [6.45, 7) is 4.19. The summed E-state index contributed by atoms with van der Waals surface area (Å²) in [7, 11) is 0. The molecule has 0 heterocycles. The Morgan fingerprint density at radius 2 is 2.23 bits per heavy atom. The largest absolute Gasteiger partial charge is 0.271 e. The predicted octanol–water partition coefficient (Wildman–Crippen LogP) is 2.67. The van der Waals surface area contributed by atoms with Crippen molar-refractivity contribution >= 4 is 15.9 Å². The van der Waals surface area contributed by atoms with Crippen LogP contribution in [0.3, 0.4) is 0 Å². The average molecular weight is 243 g/mol. The lowest BCUT2D eigenvalue weighted by molar-refractivity contribution is 0.537. The van der Waals surface area contributed by atoms with E-state index in [2.05, 4.69) is 53.4 Å². The molecule has 72 valence electrons. The molecular weight excluding hydrogens is 228 g/mol. The van der Waals surface area contributed by atoms with E-state index in [1.54, 1.807) is 0 Å². The van der Waals surface area contributed by atoms with Crippen LogP contribution in [-0.4, -0.2) is 0 Å². The van der Waals surface area contributed by atoms with E-state index in [-0.39, 0.29) is 6.04 Å². The Balaban J connectivity index is 3.03. The van der Waals surface area contributed by atoms with Crippen LogP contribution in [-0.2, 0) is 0 Å². The highest BCUT2D eigenvalue weighted by Gasteiger charge is 2.10. The number of rotatable bonds is 3. The fourth-order valence-electron chi connectivity index (χ4n) is 1.36. The van der Waals surface area contributed by atoms with E-state index in [4.69, 9.17) is 5.84 Å². The molecule has 13 heavy (non-hydrogen) atoms. The maximum absolute atomic E-state index is 5.46. The van der Waals surface area contributed by atoms with Crippen LogP contribution in [0.25, 0.3) is 0 Å². The van der Waals surface area contributed by atoms with Crippen molar-refractivity contribution in [1.29, 1.82) is 0 Å². The molecule has 1 aromatic carbocycles. The topological polar surface area (TPSA) is 38.0 Å². The molecule has 3 N–H and O–H groups in total. The van der Waals surface area contributed by atoms with Gasteiger partial charge in [0.05, 0.1) is 0 Å². The Morgan fingerprint density at radius 1 is 1.54 bits per heavy atom. The minimum Gasteiger partial charge on any atom is -0.271 e. The Labute approximate surface area is 87.6 Å². The Bertz CT molecular complexity index is 282. The van der Waals surface area contributed by atoms with Crippen molar-refractivity contribution in [2.75, 3.05) is 0 Å². The summed E-state index contributed by atoms with van der Waals surface area (Å²) in [6, 6.07) is 6.52. The molecule has 1 rings (SSSR count). The van der Waals surface area contributed by atoms with E-state index >= 15 is 0 Å². The van der Waals surface area contributed by atoms with Crippen molar-refractivity contribution < 1.29 is 0 Å². The molecule has 1 unspecified atom stereocenters. The van der Waals surface area contributed by atoms with Gasteiger partial charge < -0.3 is 0 Å². The minimum absolute atomic E-state index is 0.231. The van der Waals surface area contributed by atoms with Crippen LogP contribution in [0.2, 0.25) is 0 Å². The molecule has 0 bridgehead atoms. The summed E-state index contributed by atoms with van der Waals surface area (Å²) < 4.78 is 1.11. The normalized spacial score (nSPS) is 12.9. The molecule has 0 fully saturated rings. The maximum atomic E-state index is 5.46. The predicted molar refractivity (Wildman–Crippen MR) is 59.2 cm³/mol. The smallest absolute Gasteiger partial charge is 0.0468 e. The first-order valence-corrected chi connectivity index (χ1v) is 5.20. The second-order valence-electron chi connectivity index (χ2n) is 3.15. The molecule has 0 spiro atoms. The summed E-state index contributed by atoms with van der Waals surface area (Å²) in [5.74, 6) is 5.46. The average Bonchev–Trinajstić information content (AvgIpc) is 2.13. The van der Waals surface area contributed by atoms with Crippen molar-refractivity contribution in [1.82, 2.24) is 5.43 Å². The van der Waals surface area contributed by atoms with Gasteiger partial charge in [-0.05, 0) is 25.0 Å². The van der Waals surface area contributed by atoms with Gasteiger partial charge >= 0.3 is 0 Å². The third kappa shape index (κ3) is 2.53. The molecule has 1 atom stereocenters. The lowest BCUT2D eigenvalue weighted by atomic mass is 10.0. The zero-order valence-electron chi connectivity index (χ0n) is 7.97. The van der Waals surface area contributed by atoms with Crippen molar-refractivity contribution in [3.05, 3.63) is 33.8 Å². The number of benzene rings is 1. The number of aryl methyl sites for hydroxylation is 1. The molecule has 0 saturated carbocycles. The maximum Gasteiger partial charge on any atom is 0.0468 e. The summed E-state index contributed by atoms with van der Waals surface area (Å²) in [4.78, 5) is 0. The Kier molecular flexibility index (Phi) is 3.90. The van der Waals surface area contributed by atoms with Gasteiger partial charge in [0.25, 0.3) is 0 Å². The number of hydrogen-bond donors (Lipinski definition) is 2. The van der Waals surface area contributed by atoms with Crippen LogP contribution in [0.4, 0.5) is 0 Å². The number of hydrazine groups is 1. The molecule has 0 saturated heterocycles. The van der Waals surface area contributed by atoms with Gasteiger partial charge in [-0.1, -0.05) is 40.5 Å².